The molecule has 0 aliphatic carbocycles. The van der Waals surface area contributed by atoms with E-state index in [9.17, 15) is 0 Å². The molecule has 24 heavy (non-hydrogen) atoms. The molecule has 3 aromatic rings. The minimum atomic E-state index is 0.414. The second-order valence-electron chi connectivity index (χ2n) is 4.67. The first-order chi connectivity index (χ1) is 11.5. The molecule has 0 saturated heterocycles. The minimum absolute atomic E-state index is 0.414. The van der Waals surface area contributed by atoms with Crippen molar-refractivity contribution < 1.29 is 4.42 Å². The molecule has 0 bridgehead atoms. The van der Waals surface area contributed by atoms with Gasteiger partial charge in [0, 0.05) is 16.0 Å². The van der Waals surface area contributed by atoms with Crippen LogP contribution in [0.2, 0.25) is 15.1 Å². The number of halogens is 4. The fourth-order valence-electron chi connectivity index (χ4n) is 1.84. The Bertz CT molecular complexity index is 893. The van der Waals surface area contributed by atoms with E-state index in [4.69, 9.17) is 39.2 Å². The van der Waals surface area contributed by atoms with Crippen LogP contribution in [0, 0.1) is 0 Å². The summed E-state index contributed by atoms with van der Waals surface area (Å²) in [5.41, 5.74) is 0.587. The van der Waals surface area contributed by atoms with E-state index >= 15 is 0 Å². The molecule has 0 saturated carbocycles. The van der Waals surface area contributed by atoms with Crippen molar-refractivity contribution in [3.8, 4) is 0 Å². The SMILES string of the molecule is Clc1ccc(Sc2oc(C=Nc3cccc(Cl)c3Cl)cc2Br)cc1. The summed E-state index contributed by atoms with van der Waals surface area (Å²) in [6, 6.07) is 14.7. The molecule has 0 aliphatic heterocycles. The molecule has 7 heteroatoms. The molecular formula is C17H9BrCl3NOS. The van der Waals surface area contributed by atoms with E-state index < -0.39 is 0 Å². The predicted molar refractivity (Wildman–Crippen MR) is 106 cm³/mol. The third kappa shape index (κ3) is 4.38. The number of benzene rings is 2. The maximum atomic E-state index is 6.12. The maximum absolute atomic E-state index is 6.12. The van der Waals surface area contributed by atoms with Crippen LogP contribution in [0.3, 0.4) is 0 Å². The van der Waals surface area contributed by atoms with Crippen molar-refractivity contribution >= 4 is 74.4 Å². The standard InChI is InChI=1S/C17H9BrCl3NOS/c18-13-8-11(9-22-15-3-1-2-14(20)16(15)21)23-17(13)24-12-6-4-10(19)5-7-12/h1-9H. The first-order valence-corrected chi connectivity index (χ1v) is 9.48. The van der Waals surface area contributed by atoms with Gasteiger partial charge in [0.1, 0.15) is 5.76 Å². The highest BCUT2D eigenvalue weighted by atomic mass is 79.9. The maximum Gasteiger partial charge on any atom is 0.179 e. The van der Waals surface area contributed by atoms with E-state index in [0.29, 0.717) is 26.5 Å². The zero-order valence-corrected chi connectivity index (χ0v) is 16.6. The van der Waals surface area contributed by atoms with Gasteiger partial charge < -0.3 is 4.42 Å². The molecule has 0 unspecified atom stereocenters. The van der Waals surface area contributed by atoms with E-state index in [1.54, 1.807) is 24.4 Å². The van der Waals surface area contributed by atoms with Crippen molar-refractivity contribution in [1.29, 1.82) is 0 Å². The van der Waals surface area contributed by atoms with Crippen LogP contribution in [0.4, 0.5) is 5.69 Å². The third-order valence-electron chi connectivity index (χ3n) is 2.96. The number of rotatable bonds is 4. The molecule has 2 nitrogen and oxygen atoms in total. The average molecular weight is 462 g/mol. The van der Waals surface area contributed by atoms with Crippen LogP contribution >= 0.6 is 62.5 Å². The smallest absolute Gasteiger partial charge is 0.179 e. The lowest BCUT2D eigenvalue weighted by molar-refractivity contribution is 0.466. The molecule has 3 rings (SSSR count). The summed E-state index contributed by atoms with van der Waals surface area (Å²) in [5.74, 6) is 0.606. The molecule has 2 aromatic carbocycles. The van der Waals surface area contributed by atoms with E-state index in [0.717, 1.165) is 14.5 Å². The molecule has 0 N–H and O–H groups in total. The molecule has 1 aromatic heterocycles. The monoisotopic (exact) mass is 459 g/mol. The van der Waals surface area contributed by atoms with Gasteiger partial charge in [-0.15, -0.1) is 0 Å². The van der Waals surface area contributed by atoms with Crippen molar-refractivity contribution in [2.24, 2.45) is 4.99 Å². The number of furan rings is 1. The normalized spacial score (nSPS) is 11.3. The van der Waals surface area contributed by atoms with Crippen molar-refractivity contribution in [2.45, 2.75) is 9.99 Å². The van der Waals surface area contributed by atoms with Crippen LogP contribution in [-0.2, 0) is 0 Å². The van der Waals surface area contributed by atoms with Gasteiger partial charge in [0.15, 0.2) is 5.09 Å². The summed E-state index contributed by atoms with van der Waals surface area (Å²) >= 11 is 23.0. The van der Waals surface area contributed by atoms with Gasteiger partial charge in [-0.25, -0.2) is 0 Å². The second kappa shape index (κ2) is 7.98. The lowest BCUT2D eigenvalue weighted by Crippen LogP contribution is -1.76. The zero-order valence-electron chi connectivity index (χ0n) is 12.0. The Morgan fingerprint density at radius 1 is 1.04 bits per heavy atom. The fourth-order valence-corrected chi connectivity index (χ4v) is 3.64. The Labute approximate surface area is 167 Å². The van der Waals surface area contributed by atoms with Gasteiger partial charge in [0.2, 0.25) is 0 Å². The summed E-state index contributed by atoms with van der Waals surface area (Å²) < 4.78 is 6.65. The minimum Gasteiger partial charge on any atom is -0.447 e. The third-order valence-corrected chi connectivity index (χ3v) is 5.87. The van der Waals surface area contributed by atoms with Crippen molar-refractivity contribution in [2.75, 3.05) is 0 Å². The van der Waals surface area contributed by atoms with Crippen LogP contribution in [0.5, 0.6) is 0 Å². The topological polar surface area (TPSA) is 25.5 Å². The number of nitrogens with zero attached hydrogens (tertiary/aromatic N) is 1. The molecule has 0 aliphatic rings. The Hall–Kier alpha value is -0.910. The summed E-state index contributed by atoms with van der Waals surface area (Å²) in [5, 5.41) is 2.31. The second-order valence-corrected chi connectivity index (χ2v) is 7.79. The fraction of sp³-hybridized carbons (Fsp3) is 0. The van der Waals surface area contributed by atoms with E-state index in [2.05, 4.69) is 20.9 Å². The molecule has 122 valence electrons. The quantitative estimate of drug-likeness (QED) is 0.369. The Balaban J connectivity index is 1.79. The Morgan fingerprint density at radius 2 is 1.79 bits per heavy atom. The Kier molecular flexibility index (Phi) is 5.95. The van der Waals surface area contributed by atoms with E-state index in [-0.39, 0.29) is 0 Å². The van der Waals surface area contributed by atoms with Crippen molar-refractivity contribution in [3.05, 3.63) is 73.8 Å². The molecular weight excluding hydrogens is 453 g/mol. The molecule has 0 fully saturated rings. The highest BCUT2D eigenvalue weighted by Crippen LogP contribution is 2.36. The van der Waals surface area contributed by atoms with Gasteiger partial charge in [-0.2, -0.15) is 0 Å². The van der Waals surface area contributed by atoms with Crippen LogP contribution < -0.4 is 0 Å². The summed E-state index contributed by atoms with van der Waals surface area (Å²) in [6.07, 6.45) is 1.61. The van der Waals surface area contributed by atoms with Gasteiger partial charge in [-0.3, -0.25) is 4.99 Å². The van der Waals surface area contributed by atoms with Gasteiger partial charge in [-0.05, 0) is 52.3 Å². The Morgan fingerprint density at radius 3 is 2.54 bits per heavy atom. The van der Waals surface area contributed by atoms with Gasteiger partial charge in [0.05, 0.1) is 26.4 Å². The highest BCUT2D eigenvalue weighted by molar-refractivity contribution is 9.10. The molecule has 0 amide bonds. The number of hydrogen-bond acceptors (Lipinski definition) is 3. The number of hydrogen-bond donors (Lipinski definition) is 0. The van der Waals surface area contributed by atoms with Gasteiger partial charge >= 0.3 is 0 Å². The lowest BCUT2D eigenvalue weighted by atomic mass is 10.3. The van der Waals surface area contributed by atoms with Crippen LogP contribution in [0.1, 0.15) is 5.76 Å². The molecule has 0 radical (unpaired) electrons. The first kappa shape index (κ1) is 17.9. The average Bonchev–Trinajstić information content (AvgIpc) is 2.91. The summed E-state index contributed by atoms with van der Waals surface area (Å²) in [4.78, 5) is 5.35. The van der Waals surface area contributed by atoms with E-state index in [1.807, 2.05) is 30.3 Å². The van der Waals surface area contributed by atoms with Crippen LogP contribution in [-0.4, -0.2) is 6.21 Å². The predicted octanol–water partition coefficient (Wildman–Crippen LogP) is 7.90. The summed E-state index contributed by atoms with van der Waals surface area (Å²) in [7, 11) is 0. The number of aliphatic imine (C=N–C) groups is 1. The van der Waals surface area contributed by atoms with Gasteiger partial charge in [0.25, 0.3) is 0 Å². The van der Waals surface area contributed by atoms with Crippen molar-refractivity contribution in [3.63, 3.8) is 0 Å². The van der Waals surface area contributed by atoms with E-state index in [1.165, 1.54) is 11.8 Å². The molecule has 1 heterocycles. The largest absolute Gasteiger partial charge is 0.447 e. The van der Waals surface area contributed by atoms with Crippen molar-refractivity contribution in [1.82, 2.24) is 0 Å². The van der Waals surface area contributed by atoms with Gasteiger partial charge in [-0.1, -0.05) is 52.6 Å². The van der Waals surface area contributed by atoms with Crippen LogP contribution in [0.15, 0.2) is 72.4 Å². The molecule has 0 spiro atoms. The highest BCUT2D eigenvalue weighted by Gasteiger charge is 2.10. The lowest BCUT2D eigenvalue weighted by Gasteiger charge is -1.99. The van der Waals surface area contributed by atoms with Crippen LogP contribution in [0.25, 0.3) is 0 Å². The molecule has 0 atom stereocenters. The summed E-state index contributed by atoms with van der Waals surface area (Å²) in [6.45, 7) is 0. The first-order valence-electron chi connectivity index (χ1n) is 6.74. The zero-order chi connectivity index (χ0) is 17.1.